The van der Waals surface area contributed by atoms with Crippen molar-refractivity contribution in [1.29, 1.82) is 0 Å². The van der Waals surface area contributed by atoms with E-state index in [-0.39, 0.29) is 19.6 Å². The summed E-state index contributed by atoms with van der Waals surface area (Å²) in [6.07, 6.45) is 48.1. The van der Waals surface area contributed by atoms with Gasteiger partial charge in [0, 0.05) is 6.54 Å². The van der Waals surface area contributed by atoms with E-state index < -0.39 is 38.6 Å². The fourth-order valence-corrected chi connectivity index (χ4v) is 7.67. The molecule has 0 aliphatic heterocycles. The van der Waals surface area contributed by atoms with Crippen molar-refractivity contribution in [2.45, 2.75) is 238 Å². The SMILES string of the molecule is CCCCCC/C=C/CC/C=C/CC/C=C/C(O)C(COP(=O)(O)OCCN)NC(=O)CC(O)CCCCCCCCCCCCCCCCCCCCCCC. The second-order valence-electron chi connectivity index (χ2n) is 16.1. The van der Waals surface area contributed by atoms with Crippen molar-refractivity contribution in [3.05, 3.63) is 36.5 Å². The van der Waals surface area contributed by atoms with Crippen LogP contribution in [-0.4, -0.2) is 59.0 Å². The molecule has 9 nitrogen and oxygen atoms in total. The zero-order chi connectivity index (χ0) is 41.9. The number of hydrogen-bond donors (Lipinski definition) is 5. The summed E-state index contributed by atoms with van der Waals surface area (Å²) in [6.45, 7) is 3.94. The number of allylic oxidation sites excluding steroid dienone is 5. The minimum atomic E-state index is -4.41. The Balaban J connectivity index is 4.22. The van der Waals surface area contributed by atoms with Gasteiger partial charge in [-0.1, -0.05) is 204 Å². The molecule has 0 saturated heterocycles. The van der Waals surface area contributed by atoms with Crippen LogP contribution in [-0.2, 0) is 18.4 Å². The number of carbonyl (C=O) groups is 1. The van der Waals surface area contributed by atoms with Gasteiger partial charge in [0.2, 0.25) is 5.91 Å². The Kier molecular flexibility index (Phi) is 41.8. The highest BCUT2D eigenvalue weighted by Gasteiger charge is 2.27. The molecule has 4 unspecified atom stereocenters. The van der Waals surface area contributed by atoms with E-state index in [0.29, 0.717) is 12.8 Å². The maximum Gasteiger partial charge on any atom is 0.472 e. The highest BCUT2D eigenvalue weighted by atomic mass is 31.2. The molecule has 0 saturated carbocycles. The maximum atomic E-state index is 12.8. The van der Waals surface area contributed by atoms with Crippen LogP contribution in [0, 0.1) is 0 Å². The van der Waals surface area contributed by atoms with Gasteiger partial charge in [-0.15, -0.1) is 0 Å². The molecule has 0 aromatic carbocycles. The molecule has 336 valence electrons. The van der Waals surface area contributed by atoms with Gasteiger partial charge in [0.1, 0.15) is 0 Å². The molecule has 4 atom stereocenters. The third-order valence-corrected chi connectivity index (χ3v) is 11.5. The summed E-state index contributed by atoms with van der Waals surface area (Å²) in [5.74, 6) is -0.458. The molecule has 0 aromatic rings. The first-order chi connectivity index (χ1) is 27.8. The van der Waals surface area contributed by atoms with Gasteiger partial charge in [0.05, 0.1) is 37.9 Å². The van der Waals surface area contributed by atoms with Gasteiger partial charge < -0.3 is 26.2 Å². The number of nitrogens with two attached hydrogens (primary N) is 1. The van der Waals surface area contributed by atoms with Gasteiger partial charge >= 0.3 is 7.82 Å². The summed E-state index contributed by atoms with van der Waals surface area (Å²) in [5.41, 5.74) is 5.36. The molecular weight excluding hydrogens is 735 g/mol. The maximum absolute atomic E-state index is 12.8. The number of aliphatic hydroxyl groups is 2. The molecule has 0 heterocycles. The minimum absolute atomic E-state index is 0.0428. The lowest BCUT2D eigenvalue weighted by Gasteiger charge is -2.24. The first kappa shape index (κ1) is 55.7. The molecule has 57 heavy (non-hydrogen) atoms. The summed E-state index contributed by atoms with van der Waals surface area (Å²) >= 11 is 0. The highest BCUT2D eigenvalue weighted by molar-refractivity contribution is 7.47. The highest BCUT2D eigenvalue weighted by Crippen LogP contribution is 2.43. The largest absolute Gasteiger partial charge is 0.472 e. The predicted molar refractivity (Wildman–Crippen MR) is 241 cm³/mol. The van der Waals surface area contributed by atoms with E-state index in [0.717, 1.165) is 44.9 Å². The van der Waals surface area contributed by atoms with Gasteiger partial charge in [0.25, 0.3) is 0 Å². The molecule has 1 amide bonds. The Hall–Kier alpha value is -1.32. The molecule has 0 radical (unpaired) electrons. The second kappa shape index (κ2) is 42.8. The van der Waals surface area contributed by atoms with Gasteiger partial charge in [0.15, 0.2) is 0 Å². The van der Waals surface area contributed by atoms with Crippen molar-refractivity contribution in [2.24, 2.45) is 5.73 Å². The predicted octanol–water partition coefficient (Wildman–Crippen LogP) is 12.5. The van der Waals surface area contributed by atoms with Gasteiger partial charge in [-0.05, 0) is 44.9 Å². The number of carbonyl (C=O) groups excluding carboxylic acids is 1. The van der Waals surface area contributed by atoms with E-state index in [2.05, 4.69) is 43.5 Å². The fraction of sp³-hybridized carbons (Fsp3) is 0.851. The van der Waals surface area contributed by atoms with E-state index in [1.807, 2.05) is 6.08 Å². The van der Waals surface area contributed by atoms with Crippen molar-refractivity contribution >= 4 is 13.7 Å². The number of amides is 1. The lowest BCUT2D eigenvalue weighted by molar-refractivity contribution is -0.124. The summed E-state index contributed by atoms with van der Waals surface area (Å²) in [5, 5.41) is 24.1. The van der Waals surface area contributed by atoms with Crippen LogP contribution in [0.25, 0.3) is 0 Å². The van der Waals surface area contributed by atoms with Crippen LogP contribution in [0.15, 0.2) is 36.5 Å². The monoisotopic (exact) mass is 827 g/mol. The van der Waals surface area contributed by atoms with Crippen LogP contribution in [0.3, 0.4) is 0 Å². The van der Waals surface area contributed by atoms with Gasteiger partial charge in [-0.3, -0.25) is 13.8 Å². The number of aliphatic hydroxyl groups excluding tert-OH is 2. The van der Waals surface area contributed by atoms with Gasteiger partial charge in [-0.2, -0.15) is 0 Å². The summed E-state index contributed by atoms with van der Waals surface area (Å²) in [4.78, 5) is 22.8. The van der Waals surface area contributed by atoms with Crippen LogP contribution >= 0.6 is 7.82 Å². The Morgan fingerprint density at radius 3 is 1.46 bits per heavy atom. The summed E-state index contributed by atoms with van der Waals surface area (Å²) < 4.78 is 22.1. The first-order valence-corrected chi connectivity index (χ1v) is 25.2. The molecular formula is C47H91N2O7P. The number of phosphoric ester groups is 1. The lowest BCUT2D eigenvalue weighted by Crippen LogP contribution is -2.46. The van der Waals surface area contributed by atoms with Crippen LogP contribution in [0.5, 0.6) is 0 Å². The van der Waals surface area contributed by atoms with Crippen molar-refractivity contribution < 1.29 is 33.5 Å². The molecule has 0 aromatic heterocycles. The first-order valence-electron chi connectivity index (χ1n) is 23.7. The van der Waals surface area contributed by atoms with Crippen LogP contribution in [0.1, 0.15) is 219 Å². The lowest BCUT2D eigenvalue weighted by atomic mass is 10.0. The summed E-state index contributed by atoms with van der Waals surface area (Å²) in [7, 11) is -4.41. The third-order valence-electron chi connectivity index (χ3n) is 10.5. The standard InChI is InChI=1S/C47H91N2O7P/c1-3-5-7-9-11-13-15-17-19-20-21-22-23-24-25-26-28-30-32-34-36-38-44(50)42-47(52)49-45(43-56-57(53,54)55-41-40-48)46(51)39-37-35-33-31-29-27-18-16-14-12-10-8-6-4-2/h14,16,29,31,37,39,44-46,50-51H,3-13,15,17-28,30,32-36,38,40-43,48H2,1-2H3,(H,49,52)(H,53,54)/b16-14+,31-29+,39-37+. The average Bonchev–Trinajstić information content (AvgIpc) is 3.19. The number of hydrogen-bond acceptors (Lipinski definition) is 7. The topological polar surface area (TPSA) is 151 Å². The number of nitrogens with one attached hydrogen (secondary N) is 1. The van der Waals surface area contributed by atoms with Crippen LogP contribution < -0.4 is 11.1 Å². The van der Waals surface area contributed by atoms with Gasteiger partial charge in [-0.25, -0.2) is 4.57 Å². The molecule has 0 spiro atoms. The Bertz CT molecular complexity index is 1010. The Morgan fingerprint density at radius 2 is 1.00 bits per heavy atom. The van der Waals surface area contributed by atoms with Crippen molar-refractivity contribution in [3.8, 4) is 0 Å². The van der Waals surface area contributed by atoms with Crippen molar-refractivity contribution in [1.82, 2.24) is 5.32 Å². The zero-order valence-corrected chi connectivity index (χ0v) is 37.8. The fourth-order valence-electron chi connectivity index (χ4n) is 6.91. The van der Waals surface area contributed by atoms with Crippen molar-refractivity contribution in [2.75, 3.05) is 19.8 Å². The third kappa shape index (κ3) is 41.2. The zero-order valence-electron chi connectivity index (χ0n) is 36.9. The smallest absolute Gasteiger partial charge is 0.393 e. The normalized spacial score (nSPS) is 14.8. The molecule has 0 rings (SSSR count). The number of unbranched alkanes of at least 4 members (excludes halogenated alkanes) is 26. The van der Waals surface area contributed by atoms with Crippen LogP contribution in [0.4, 0.5) is 0 Å². The second-order valence-corrected chi connectivity index (χ2v) is 17.6. The molecule has 0 aliphatic carbocycles. The Morgan fingerprint density at radius 1 is 0.596 bits per heavy atom. The van der Waals surface area contributed by atoms with Crippen LogP contribution in [0.2, 0.25) is 0 Å². The van der Waals surface area contributed by atoms with E-state index in [4.69, 9.17) is 14.8 Å². The van der Waals surface area contributed by atoms with E-state index in [1.54, 1.807) is 6.08 Å². The average molecular weight is 827 g/mol. The quantitative estimate of drug-likeness (QED) is 0.0231. The van der Waals surface area contributed by atoms with E-state index in [1.165, 1.54) is 141 Å². The summed E-state index contributed by atoms with van der Waals surface area (Å²) in [6, 6.07) is -1.00. The Labute approximate surface area is 351 Å². The molecule has 0 aliphatic rings. The number of rotatable bonds is 44. The number of phosphoric acid groups is 1. The minimum Gasteiger partial charge on any atom is -0.393 e. The molecule has 0 bridgehead atoms. The van der Waals surface area contributed by atoms with E-state index >= 15 is 0 Å². The molecule has 6 N–H and O–H groups in total. The molecule has 0 fully saturated rings. The van der Waals surface area contributed by atoms with Crippen molar-refractivity contribution in [3.63, 3.8) is 0 Å². The van der Waals surface area contributed by atoms with E-state index in [9.17, 15) is 24.5 Å². The molecule has 10 heteroatoms.